The number of amides is 1. The molecule has 96 valence electrons. The summed E-state index contributed by atoms with van der Waals surface area (Å²) in [6, 6.07) is 0. The van der Waals surface area contributed by atoms with E-state index in [1.165, 1.54) is 0 Å². The van der Waals surface area contributed by atoms with Crippen LogP contribution >= 0.6 is 0 Å². The van der Waals surface area contributed by atoms with Crippen LogP contribution in [-0.2, 0) is 6.54 Å². The first-order valence-corrected chi connectivity index (χ1v) is 5.91. The maximum atomic E-state index is 12.1. The van der Waals surface area contributed by atoms with Gasteiger partial charge >= 0.3 is 0 Å². The highest BCUT2D eigenvalue weighted by atomic mass is 16.3. The Morgan fingerprint density at radius 2 is 2.18 bits per heavy atom. The van der Waals surface area contributed by atoms with Crippen molar-refractivity contribution in [2.24, 2.45) is 0 Å². The van der Waals surface area contributed by atoms with Gasteiger partial charge in [-0.05, 0) is 27.7 Å². The van der Waals surface area contributed by atoms with Gasteiger partial charge in [0, 0.05) is 25.8 Å². The lowest BCUT2D eigenvalue weighted by Crippen LogP contribution is -2.42. The first kappa shape index (κ1) is 13.7. The van der Waals surface area contributed by atoms with Gasteiger partial charge in [0.05, 0.1) is 17.4 Å². The standard InChI is InChI=1S/C12H21N3O2/c1-5-14(9-12(3,4)17)11(16)10-7-13-15(6-2)8-10/h7-8,17H,5-6,9H2,1-4H3. The summed E-state index contributed by atoms with van der Waals surface area (Å²) in [5.41, 5.74) is -0.315. The predicted octanol–water partition coefficient (Wildman–Crippen LogP) is 1.14. The summed E-state index contributed by atoms with van der Waals surface area (Å²) in [4.78, 5) is 13.8. The summed E-state index contributed by atoms with van der Waals surface area (Å²) in [5, 5.41) is 13.8. The monoisotopic (exact) mass is 239 g/mol. The summed E-state index contributed by atoms with van der Waals surface area (Å²) < 4.78 is 1.71. The van der Waals surface area contributed by atoms with Gasteiger partial charge < -0.3 is 10.0 Å². The van der Waals surface area contributed by atoms with E-state index >= 15 is 0 Å². The van der Waals surface area contributed by atoms with Crippen LogP contribution in [0.25, 0.3) is 0 Å². The van der Waals surface area contributed by atoms with Gasteiger partial charge in [-0.3, -0.25) is 9.48 Å². The smallest absolute Gasteiger partial charge is 0.257 e. The van der Waals surface area contributed by atoms with Gasteiger partial charge in [-0.25, -0.2) is 0 Å². The Morgan fingerprint density at radius 1 is 1.53 bits per heavy atom. The molecule has 0 spiro atoms. The Labute approximate surface area is 102 Å². The Hall–Kier alpha value is -1.36. The molecule has 1 rings (SSSR count). The zero-order valence-electron chi connectivity index (χ0n) is 11.0. The molecule has 1 aromatic heterocycles. The minimum atomic E-state index is -0.883. The molecule has 0 saturated heterocycles. The van der Waals surface area contributed by atoms with E-state index in [1.54, 1.807) is 35.8 Å². The fourth-order valence-electron chi connectivity index (χ4n) is 1.62. The van der Waals surface area contributed by atoms with Crippen molar-refractivity contribution in [2.75, 3.05) is 13.1 Å². The quantitative estimate of drug-likeness (QED) is 0.838. The van der Waals surface area contributed by atoms with E-state index in [-0.39, 0.29) is 5.91 Å². The number of aromatic nitrogens is 2. The molecule has 1 aromatic rings. The third kappa shape index (κ3) is 3.85. The fraction of sp³-hybridized carbons (Fsp3) is 0.667. The zero-order chi connectivity index (χ0) is 13.1. The average molecular weight is 239 g/mol. The Bertz CT molecular complexity index is 379. The zero-order valence-corrected chi connectivity index (χ0v) is 11.0. The topological polar surface area (TPSA) is 58.4 Å². The van der Waals surface area contributed by atoms with Crippen molar-refractivity contribution in [2.45, 2.75) is 39.8 Å². The van der Waals surface area contributed by atoms with E-state index in [9.17, 15) is 9.90 Å². The maximum absolute atomic E-state index is 12.1. The van der Waals surface area contributed by atoms with E-state index in [4.69, 9.17) is 0 Å². The lowest BCUT2D eigenvalue weighted by Gasteiger charge is -2.27. The van der Waals surface area contributed by atoms with Crippen LogP contribution in [0.1, 0.15) is 38.1 Å². The molecule has 0 aromatic carbocycles. The second kappa shape index (κ2) is 5.31. The third-order valence-electron chi connectivity index (χ3n) is 2.45. The van der Waals surface area contributed by atoms with Crippen LogP contribution in [0.5, 0.6) is 0 Å². The van der Waals surface area contributed by atoms with Gasteiger partial charge in [0.1, 0.15) is 0 Å². The summed E-state index contributed by atoms with van der Waals surface area (Å²) >= 11 is 0. The van der Waals surface area contributed by atoms with E-state index in [2.05, 4.69) is 5.10 Å². The molecular weight excluding hydrogens is 218 g/mol. The van der Waals surface area contributed by atoms with Crippen LogP contribution in [0, 0.1) is 0 Å². The molecule has 0 aliphatic heterocycles. The van der Waals surface area contributed by atoms with Crippen molar-refractivity contribution in [3.05, 3.63) is 18.0 Å². The first-order chi connectivity index (χ1) is 7.87. The van der Waals surface area contributed by atoms with Crippen molar-refractivity contribution in [3.63, 3.8) is 0 Å². The minimum Gasteiger partial charge on any atom is -0.389 e. The number of likely N-dealkylation sites (N-methyl/N-ethyl adjacent to an activating group) is 1. The number of aliphatic hydroxyl groups is 1. The van der Waals surface area contributed by atoms with Crippen LogP contribution in [0.4, 0.5) is 0 Å². The van der Waals surface area contributed by atoms with Gasteiger partial charge in [0.15, 0.2) is 0 Å². The lowest BCUT2D eigenvalue weighted by molar-refractivity contribution is 0.0314. The number of hydrogen-bond donors (Lipinski definition) is 1. The molecular formula is C12H21N3O2. The Balaban J connectivity index is 2.79. The summed E-state index contributed by atoms with van der Waals surface area (Å²) in [6.45, 7) is 8.88. The third-order valence-corrected chi connectivity index (χ3v) is 2.45. The van der Waals surface area contributed by atoms with Crippen molar-refractivity contribution in [3.8, 4) is 0 Å². The van der Waals surface area contributed by atoms with E-state index in [0.29, 0.717) is 18.7 Å². The van der Waals surface area contributed by atoms with Crippen LogP contribution in [0.3, 0.4) is 0 Å². The number of rotatable bonds is 5. The fourth-order valence-corrected chi connectivity index (χ4v) is 1.62. The molecule has 5 heteroatoms. The highest BCUT2D eigenvalue weighted by Gasteiger charge is 2.22. The lowest BCUT2D eigenvalue weighted by atomic mass is 10.1. The van der Waals surface area contributed by atoms with E-state index < -0.39 is 5.60 Å². The predicted molar refractivity (Wildman–Crippen MR) is 65.8 cm³/mol. The highest BCUT2D eigenvalue weighted by Crippen LogP contribution is 2.09. The van der Waals surface area contributed by atoms with Crippen LogP contribution in [-0.4, -0.2) is 44.4 Å². The van der Waals surface area contributed by atoms with E-state index in [0.717, 1.165) is 6.54 Å². The van der Waals surface area contributed by atoms with Crippen molar-refractivity contribution >= 4 is 5.91 Å². The number of hydrogen-bond acceptors (Lipinski definition) is 3. The average Bonchev–Trinajstić information content (AvgIpc) is 2.72. The summed E-state index contributed by atoms with van der Waals surface area (Å²) in [7, 11) is 0. The molecule has 0 unspecified atom stereocenters. The van der Waals surface area contributed by atoms with Gasteiger partial charge in [-0.1, -0.05) is 0 Å². The molecule has 0 fully saturated rings. The van der Waals surface area contributed by atoms with Crippen LogP contribution < -0.4 is 0 Å². The Morgan fingerprint density at radius 3 is 2.59 bits per heavy atom. The molecule has 5 nitrogen and oxygen atoms in total. The van der Waals surface area contributed by atoms with Gasteiger partial charge in [0.25, 0.3) is 5.91 Å². The minimum absolute atomic E-state index is 0.0886. The second-order valence-electron chi connectivity index (χ2n) is 4.72. The molecule has 0 aliphatic carbocycles. The van der Waals surface area contributed by atoms with Crippen molar-refractivity contribution in [1.82, 2.24) is 14.7 Å². The van der Waals surface area contributed by atoms with Gasteiger partial charge in [-0.2, -0.15) is 5.10 Å². The SMILES string of the molecule is CCN(CC(C)(C)O)C(=O)c1cnn(CC)c1. The molecule has 1 heterocycles. The van der Waals surface area contributed by atoms with Gasteiger partial charge in [-0.15, -0.1) is 0 Å². The molecule has 0 aliphatic rings. The Kier molecular flexibility index (Phi) is 4.28. The number of carbonyl (C=O) groups is 1. The van der Waals surface area contributed by atoms with Crippen molar-refractivity contribution < 1.29 is 9.90 Å². The maximum Gasteiger partial charge on any atom is 0.257 e. The highest BCUT2D eigenvalue weighted by molar-refractivity contribution is 5.93. The largest absolute Gasteiger partial charge is 0.389 e. The molecule has 0 atom stereocenters. The second-order valence-corrected chi connectivity index (χ2v) is 4.72. The van der Waals surface area contributed by atoms with Crippen LogP contribution in [0.2, 0.25) is 0 Å². The molecule has 0 radical (unpaired) electrons. The molecule has 0 bridgehead atoms. The molecule has 1 amide bonds. The van der Waals surface area contributed by atoms with E-state index in [1.807, 2.05) is 13.8 Å². The molecule has 0 saturated carbocycles. The number of aryl methyl sites for hydroxylation is 1. The van der Waals surface area contributed by atoms with Gasteiger partial charge in [0.2, 0.25) is 0 Å². The van der Waals surface area contributed by atoms with Crippen LogP contribution in [0.15, 0.2) is 12.4 Å². The molecule has 1 N–H and O–H groups in total. The van der Waals surface area contributed by atoms with Crippen molar-refractivity contribution in [1.29, 1.82) is 0 Å². The molecule has 17 heavy (non-hydrogen) atoms. The number of nitrogens with zero attached hydrogens (tertiary/aromatic N) is 3. The summed E-state index contributed by atoms with van der Waals surface area (Å²) in [5.74, 6) is -0.0886. The number of carbonyl (C=O) groups excluding carboxylic acids is 1. The normalized spacial score (nSPS) is 11.6. The first-order valence-electron chi connectivity index (χ1n) is 5.91. The summed E-state index contributed by atoms with van der Waals surface area (Å²) in [6.07, 6.45) is 3.30.